The summed E-state index contributed by atoms with van der Waals surface area (Å²) < 4.78 is 10.7. The lowest BCUT2D eigenvalue weighted by atomic mass is 10.2. The zero-order chi connectivity index (χ0) is 18.4. The number of benzene rings is 2. The lowest BCUT2D eigenvalue weighted by molar-refractivity contribution is -0.116. The van der Waals surface area contributed by atoms with Crippen molar-refractivity contribution in [2.24, 2.45) is 0 Å². The third-order valence-electron chi connectivity index (χ3n) is 3.88. The van der Waals surface area contributed by atoms with E-state index in [9.17, 15) is 4.79 Å². The molecule has 0 aliphatic rings. The number of carbonyl (C=O) groups is 1. The van der Waals surface area contributed by atoms with Gasteiger partial charge in [-0.25, -0.2) is 0 Å². The van der Waals surface area contributed by atoms with E-state index in [1.54, 1.807) is 0 Å². The van der Waals surface area contributed by atoms with Gasteiger partial charge in [0.15, 0.2) is 0 Å². The maximum atomic E-state index is 12.1. The number of hydrogen-bond acceptors (Lipinski definition) is 5. The van der Waals surface area contributed by atoms with Crippen LogP contribution >= 0.6 is 0 Å². The molecule has 0 saturated heterocycles. The average Bonchev–Trinajstić information content (AvgIpc) is 3.12. The van der Waals surface area contributed by atoms with Crippen LogP contribution in [0.25, 0.3) is 11.4 Å². The quantitative estimate of drug-likeness (QED) is 0.696. The Morgan fingerprint density at radius 1 is 1.15 bits per heavy atom. The summed E-state index contributed by atoms with van der Waals surface area (Å²) in [7, 11) is 0. The first kappa shape index (κ1) is 17.7. The maximum absolute atomic E-state index is 12.1. The van der Waals surface area contributed by atoms with Crippen molar-refractivity contribution in [3.63, 3.8) is 0 Å². The third kappa shape index (κ3) is 4.47. The van der Waals surface area contributed by atoms with Crippen molar-refractivity contribution in [2.45, 2.75) is 26.7 Å². The Morgan fingerprint density at radius 3 is 2.65 bits per heavy atom. The van der Waals surface area contributed by atoms with E-state index in [-0.39, 0.29) is 12.3 Å². The third-order valence-corrected chi connectivity index (χ3v) is 3.88. The Morgan fingerprint density at radius 2 is 1.92 bits per heavy atom. The molecule has 1 heterocycles. The molecule has 0 fully saturated rings. The Balaban J connectivity index is 1.56. The van der Waals surface area contributed by atoms with E-state index in [1.165, 1.54) is 0 Å². The summed E-state index contributed by atoms with van der Waals surface area (Å²) in [6.45, 7) is 4.52. The molecular weight excluding hydrogens is 330 g/mol. The molecule has 0 bridgehead atoms. The van der Waals surface area contributed by atoms with Crippen molar-refractivity contribution >= 4 is 11.6 Å². The maximum Gasteiger partial charge on any atom is 0.227 e. The first-order valence-electron chi connectivity index (χ1n) is 8.57. The monoisotopic (exact) mass is 351 g/mol. The SMILES string of the molecule is CCOc1ccc(-c2noc(CCC(=O)Nc3ccccc3C)n2)cc1. The molecule has 0 unspecified atom stereocenters. The van der Waals surface area contributed by atoms with Gasteiger partial charge in [0.05, 0.1) is 6.61 Å². The molecule has 0 radical (unpaired) electrons. The summed E-state index contributed by atoms with van der Waals surface area (Å²) in [5, 5.41) is 6.87. The number of ether oxygens (including phenoxy) is 1. The Bertz CT molecular complexity index is 872. The fourth-order valence-electron chi connectivity index (χ4n) is 2.49. The minimum Gasteiger partial charge on any atom is -0.494 e. The molecule has 0 atom stereocenters. The highest BCUT2D eigenvalue weighted by Gasteiger charge is 2.11. The zero-order valence-corrected chi connectivity index (χ0v) is 14.9. The Kier molecular flexibility index (Phi) is 5.63. The van der Waals surface area contributed by atoms with Crippen LogP contribution in [0.3, 0.4) is 0 Å². The number of nitrogens with zero attached hydrogens (tertiary/aromatic N) is 2. The molecule has 0 spiro atoms. The number of rotatable bonds is 7. The summed E-state index contributed by atoms with van der Waals surface area (Å²) in [6, 6.07) is 15.2. The number of para-hydroxylation sites is 1. The van der Waals surface area contributed by atoms with Crippen LogP contribution in [0.2, 0.25) is 0 Å². The number of amides is 1. The van der Waals surface area contributed by atoms with Gasteiger partial charge >= 0.3 is 0 Å². The molecule has 3 aromatic rings. The zero-order valence-electron chi connectivity index (χ0n) is 14.9. The van der Waals surface area contributed by atoms with Gasteiger partial charge in [-0.1, -0.05) is 23.4 Å². The van der Waals surface area contributed by atoms with E-state index in [0.29, 0.717) is 24.7 Å². The minimum absolute atomic E-state index is 0.0832. The van der Waals surface area contributed by atoms with Gasteiger partial charge in [0.1, 0.15) is 5.75 Å². The van der Waals surface area contributed by atoms with Crippen LogP contribution in [0.4, 0.5) is 5.69 Å². The van der Waals surface area contributed by atoms with E-state index in [2.05, 4.69) is 15.5 Å². The predicted molar refractivity (Wildman–Crippen MR) is 99.0 cm³/mol. The molecular formula is C20H21N3O3. The van der Waals surface area contributed by atoms with Gasteiger partial charge in [0.2, 0.25) is 17.6 Å². The molecule has 6 nitrogen and oxygen atoms in total. The molecule has 1 amide bonds. The molecule has 3 rings (SSSR count). The summed E-state index contributed by atoms with van der Waals surface area (Å²) in [5.74, 6) is 1.66. The predicted octanol–water partition coefficient (Wildman–Crippen LogP) is 4.02. The lowest BCUT2D eigenvalue weighted by Crippen LogP contribution is -2.13. The van der Waals surface area contributed by atoms with E-state index in [0.717, 1.165) is 22.6 Å². The smallest absolute Gasteiger partial charge is 0.227 e. The van der Waals surface area contributed by atoms with Crippen molar-refractivity contribution in [3.8, 4) is 17.1 Å². The van der Waals surface area contributed by atoms with E-state index in [1.807, 2.05) is 62.4 Å². The second-order valence-electron chi connectivity index (χ2n) is 5.83. The Hall–Kier alpha value is -3.15. The molecule has 1 aromatic heterocycles. The van der Waals surface area contributed by atoms with Gasteiger partial charge in [-0.05, 0) is 49.7 Å². The number of nitrogens with one attached hydrogen (secondary N) is 1. The fourth-order valence-corrected chi connectivity index (χ4v) is 2.49. The molecule has 0 saturated carbocycles. The number of aryl methyl sites for hydroxylation is 2. The number of carbonyl (C=O) groups excluding carboxylic acids is 1. The van der Waals surface area contributed by atoms with Gasteiger partial charge in [0, 0.05) is 24.1 Å². The molecule has 0 aliphatic heterocycles. The molecule has 6 heteroatoms. The van der Waals surface area contributed by atoms with Gasteiger partial charge < -0.3 is 14.6 Å². The van der Waals surface area contributed by atoms with E-state index >= 15 is 0 Å². The van der Waals surface area contributed by atoms with Crippen molar-refractivity contribution in [3.05, 3.63) is 60.0 Å². The highest BCUT2D eigenvalue weighted by Crippen LogP contribution is 2.20. The van der Waals surface area contributed by atoms with Crippen molar-refractivity contribution < 1.29 is 14.1 Å². The molecule has 1 N–H and O–H groups in total. The van der Waals surface area contributed by atoms with Crippen molar-refractivity contribution in [1.29, 1.82) is 0 Å². The fraction of sp³-hybridized carbons (Fsp3) is 0.250. The van der Waals surface area contributed by atoms with Crippen molar-refractivity contribution in [2.75, 3.05) is 11.9 Å². The van der Waals surface area contributed by atoms with Crippen LogP contribution in [0, 0.1) is 6.92 Å². The van der Waals surface area contributed by atoms with Crippen LogP contribution in [-0.2, 0) is 11.2 Å². The first-order chi connectivity index (χ1) is 12.7. The normalized spacial score (nSPS) is 10.5. The van der Waals surface area contributed by atoms with Crippen LogP contribution in [0.1, 0.15) is 24.8 Å². The van der Waals surface area contributed by atoms with Gasteiger partial charge in [0.25, 0.3) is 0 Å². The summed E-state index contributed by atoms with van der Waals surface area (Å²) in [4.78, 5) is 16.5. The lowest BCUT2D eigenvalue weighted by Gasteiger charge is -2.06. The highest BCUT2D eigenvalue weighted by molar-refractivity contribution is 5.91. The van der Waals surface area contributed by atoms with Crippen LogP contribution in [0.5, 0.6) is 5.75 Å². The first-order valence-corrected chi connectivity index (χ1v) is 8.57. The van der Waals surface area contributed by atoms with Gasteiger partial charge in [-0.3, -0.25) is 4.79 Å². The molecule has 134 valence electrons. The average molecular weight is 351 g/mol. The number of aromatic nitrogens is 2. The molecule has 26 heavy (non-hydrogen) atoms. The summed E-state index contributed by atoms with van der Waals surface area (Å²) in [6.07, 6.45) is 0.668. The number of anilines is 1. The van der Waals surface area contributed by atoms with Crippen LogP contribution < -0.4 is 10.1 Å². The van der Waals surface area contributed by atoms with E-state index < -0.39 is 0 Å². The number of hydrogen-bond donors (Lipinski definition) is 1. The second-order valence-corrected chi connectivity index (χ2v) is 5.83. The van der Waals surface area contributed by atoms with Gasteiger partial charge in [-0.2, -0.15) is 4.98 Å². The van der Waals surface area contributed by atoms with Crippen molar-refractivity contribution in [1.82, 2.24) is 10.1 Å². The van der Waals surface area contributed by atoms with E-state index in [4.69, 9.17) is 9.26 Å². The topological polar surface area (TPSA) is 77.2 Å². The second kappa shape index (κ2) is 8.29. The summed E-state index contributed by atoms with van der Waals surface area (Å²) in [5.41, 5.74) is 2.68. The standard InChI is InChI=1S/C20H21N3O3/c1-3-25-16-10-8-15(9-11-16)20-22-19(26-23-20)13-12-18(24)21-17-7-5-4-6-14(17)2/h4-11H,3,12-13H2,1-2H3,(H,21,24). The van der Waals surface area contributed by atoms with Crippen LogP contribution in [0.15, 0.2) is 53.1 Å². The highest BCUT2D eigenvalue weighted by atomic mass is 16.5. The largest absolute Gasteiger partial charge is 0.494 e. The Labute approximate surface area is 152 Å². The molecule has 2 aromatic carbocycles. The van der Waals surface area contributed by atoms with Gasteiger partial charge in [-0.15, -0.1) is 0 Å². The molecule has 0 aliphatic carbocycles. The minimum atomic E-state index is -0.0832. The summed E-state index contributed by atoms with van der Waals surface area (Å²) >= 11 is 0. The van der Waals surface area contributed by atoms with Crippen LogP contribution in [-0.4, -0.2) is 22.7 Å².